The van der Waals surface area contributed by atoms with Crippen LogP contribution in [0.1, 0.15) is 5.56 Å². The van der Waals surface area contributed by atoms with Crippen LogP contribution in [0.25, 0.3) is 17.2 Å². The van der Waals surface area contributed by atoms with Crippen LogP contribution < -0.4 is 0 Å². The topological polar surface area (TPSA) is 43.3 Å². The van der Waals surface area contributed by atoms with Crippen LogP contribution in [0.5, 0.6) is 0 Å². The lowest BCUT2D eigenvalue weighted by atomic mass is 10.3. The van der Waals surface area contributed by atoms with Crippen LogP contribution in [0.4, 0.5) is 0 Å². The van der Waals surface area contributed by atoms with E-state index in [1.165, 1.54) is 0 Å². The molecule has 80 valence electrons. The van der Waals surface area contributed by atoms with E-state index in [4.69, 9.17) is 4.42 Å². The first-order valence-electron chi connectivity index (χ1n) is 4.82. The van der Waals surface area contributed by atoms with E-state index in [0.717, 1.165) is 11.2 Å². The number of halogens is 1. The predicted molar refractivity (Wildman–Crippen MR) is 63.1 cm³/mol. The van der Waals surface area contributed by atoms with Crippen molar-refractivity contribution in [1.29, 1.82) is 0 Å². The van der Waals surface area contributed by atoms with Gasteiger partial charge in [-0.1, -0.05) is 6.07 Å². The molecule has 3 rings (SSSR count). The molecule has 0 amide bonds. The highest BCUT2D eigenvalue weighted by atomic mass is 79.9. The van der Waals surface area contributed by atoms with E-state index < -0.39 is 0 Å². The van der Waals surface area contributed by atoms with Crippen LogP contribution >= 0.6 is 15.9 Å². The van der Waals surface area contributed by atoms with Gasteiger partial charge in [-0.25, -0.2) is 9.50 Å². The van der Waals surface area contributed by atoms with Crippen LogP contribution in [0.15, 0.2) is 39.5 Å². The normalized spacial score (nSPS) is 11.1. The molecule has 3 heterocycles. The highest BCUT2D eigenvalue weighted by Gasteiger charge is 2.10. The van der Waals surface area contributed by atoms with E-state index in [1.54, 1.807) is 4.52 Å². The zero-order valence-corrected chi connectivity index (χ0v) is 10.1. The van der Waals surface area contributed by atoms with Crippen LogP contribution in [-0.4, -0.2) is 14.6 Å². The average molecular weight is 278 g/mol. The molecule has 3 aromatic rings. The molecule has 0 radical (unpaired) electrons. The zero-order valence-electron chi connectivity index (χ0n) is 8.51. The fourth-order valence-electron chi connectivity index (χ4n) is 1.58. The number of aromatic nitrogens is 3. The Bertz CT molecular complexity index is 656. The maximum Gasteiger partial charge on any atom is 0.217 e. The average Bonchev–Trinajstić information content (AvgIpc) is 2.84. The first-order chi connectivity index (χ1) is 7.74. The first-order valence-corrected chi connectivity index (χ1v) is 5.61. The molecule has 0 unspecified atom stereocenters. The Morgan fingerprint density at radius 1 is 1.31 bits per heavy atom. The minimum atomic E-state index is 0.597. The molecular formula is C11H8BrN3O. The smallest absolute Gasteiger partial charge is 0.217 e. The first kappa shape index (κ1) is 9.59. The number of furan rings is 1. The Morgan fingerprint density at radius 2 is 2.19 bits per heavy atom. The molecule has 0 aliphatic heterocycles. The summed E-state index contributed by atoms with van der Waals surface area (Å²) in [6.45, 7) is 2.01. The van der Waals surface area contributed by atoms with Crippen molar-refractivity contribution >= 4 is 21.6 Å². The van der Waals surface area contributed by atoms with Crippen LogP contribution in [-0.2, 0) is 0 Å². The third-order valence-corrected chi connectivity index (χ3v) is 2.78. The van der Waals surface area contributed by atoms with Crippen molar-refractivity contribution in [1.82, 2.24) is 14.6 Å². The third kappa shape index (κ3) is 1.44. The van der Waals surface area contributed by atoms with E-state index in [-0.39, 0.29) is 0 Å². The lowest BCUT2D eigenvalue weighted by molar-refractivity contribution is 0.551. The van der Waals surface area contributed by atoms with E-state index in [1.807, 2.05) is 37.4 Å². The number of rotatable bonds is 1. The van der Waals surface area contributed by atoms with E-state index in [2.05, 4.69) is 26.0 Å². The number of nitrogens with zero attached hydrogens (tertiary/aromatic N) is 3. The summed E-state index contributed by atoms with van der Waals surface area (Å²) in [6, 6.07) is 7.62. The SMILES string of the molecule is Cc1cccn2nc(-c3ccc(Br)o3)nc12. The van der Waals surface area contributed by atoms with Crippen LogP contribution in [0.2, 0.25) is 0 Å². The van der Waals surface area contributed by atoms with Crippen molar-refractivity contribution in [2.75, 3.05) is 0 Å². The van der Waals surface area contributed by atoms with Gasteiger partial charge >= 0.3 is 0 Å². The molecule has 0 bridgehead atoms. The van der Waals surface area contributed by atoms with Crippen molar-refractivity contribution in [2.45, 2.75) is 6.92 Å². The minimum absolute atomic E-state index is 0.597. The van der Waals surface area contributed by atoms with E-state index >= 15 is 0 Å². The van der Waals surface area contributed by atoms with Gasteiger partial charge in [0.2, 0.25) is 5.82 Å². The summed E-state index contributed by atoms with van der Waals surface area (Å²) in [5.41, 5.74) is 1.94. The largest absolute Gasteiger partial charge is 0.446 e. The van der Waals surface area contributed by atoms with Gasteiger partial charge in [0.1, 0.15) is 0 Å². The number of fused-ring (bicyclic) bond motifs is 1. The van der Waals surface area contributed by atoms with Gasteiger partial charge < -0.3 is 4.42 Å². The molecule has 0 aromatic carbocycles. The summed E-state index contributed by atoms with van der Waals surface area (Å²) < 4.78 is 7.85. The molecule has 16 heavy (non-hydrogen) atoms. The summed E-state index contributed by atoms with van der Waals surface area (Å²) in [6.07, 6.45) is 1.87. The highest BCUT2D eigenvalue weighted by Crippen LogP contribution is 2.23. The maximum absolute atomic E-state index is 5.42. The summed E-state index contributed by atoms with van der Waals surface area (Å²) in [4.78, 5) is 4.43. The summed E-state index contributed by atoms with van der Waals surface area (Å²) in [5.74, 6) is 1.26. The summed E-state index contributed by atoms with van der Waals surface area (Å²) in [5, 5.41) is 4.35. The number of aryl methyl sites for hydroxylation is 1. The molecular weight excluding hydrogens is 270 g/mol. The Labute approximate surface area is 100 Å². The monoisotopic (exact) mass is 277 g/mol. The van der Waals surface area contributed by atoms with Crippen molar-refractivity contribution in [2.24, 2.45) is 0 Å². The van der Waals surface area contributed by atoms with E-state index in [0.29, 0.717) is 16.3 Å². The predicted octanol–water partition coefficient (Wildman–Crippen LogP) is 3.06. The van der Waals surface area contributed by atoms with Gasteiger partial charge in [0.05, 0.1) is 0 Å². The van der Waals surface area contributed by atoms with Crippen molar-refractivity contribution in [3.8, 4) is 11.6 Å². The second-order valence-electron chi connectivity index (χ2n) is 3.50. The molecule has 0 saturated heterocycles. The van der Waals surface area contributed by atoms with Crippen LogP contribution in [0, 0.1) is 6.92 Å². The minimum Gasteiger partial charge on any atom is -0.446 e. The van der Waals surface area contributed by atoms with Crippen molar-refractivity contribution in [3.05, 3.63) is 40.7 Å². The molecule has 3 aromatic heterocycles. The van der Waals surface area contributed by atoms with Gasteiger partial charge in [0.25, 0.3) is 0 Å². The fraction of sp³-hybridized carbons (Fsp3) is 0.0909. The van der Waals surface area contributed by atoms with Gasteiger partial charge in [-0.15, -0.1) is 5.10 Å². The quantitative estimate of drug-likeness (QED) is 0.687. The lowest BCUT2D eigenvalue weighted by Gasteiger charge is -1.92. The van der Waals surface area contributed by atoms with Gasteiger partial charge in [-0.3, -0.25) is 0 Å². The molecule has 4 nitrogen and oxygen atoms in total. The van der Waals surface area contributed by atoms with Crippen molar-refractivity contribution in [3.63, 3.8) is 0 Å². The molecule has 0 aliphatic carbocycles. The number of hydrogen-bond donors (Lipinski definition) is 0. The zero-order chi connectivity index (χ0) is 11.1. The van der Waals surface area contributed by atoms with Gasteiger partial charge in [-0.2, -0.15) is 0 Å². The molecule has 0 saturated carbocycles. The number of pyridine rings is 1. The Morgan fingerprint density at radius 3 is 2.88 bits per heavy atom. The van der Waals surface area contributed by atoms with Gasteiger partial charge in [0, 0.05) is 6.20 Å². The molecule has 0 atom stereocenters. The summed E-state index contributed by atoms with van der Waals surface area (Å²) >= 11 is 3.26. The summed E-state index contributed by atoms with van der Waals surface area (Å²) in [7, 11) is 0. The highest BCUT2D eigenvalue weighted by molar-refractivity contribution is 9.10. The second-order valence-corrected chi connectivity index (χ2v) is 4.28. The second kappa shape index (κ2) is 3.45. The lowest BCUT2D eigenvalue weighted by Crippen LogP contribution is -1.87. The fourth-order valence-corrected chi connectivity index (χ4v) is 1.88. The molecule has 0 aliphatic rings. The molecule has 0 spiro atoms. The Kier molecular flexibility index (Phi) is 2.07. The molecule has 0 fully saturated rings. The Hall–Kier alpha value is -1.62. The standard InChI is InChI=1S/C11H8BrN3O/c1-7-3-2-6-15-11(7)13-10(14-15)8-4-5-9(12)16-8/h2-6H,1H3. The van der Waals surface area contributed by atoms with Gasteiger partial charge in [0.15, 0.2) is 16.1 Å². The van der Waals surface area contributed by atoms with Crippen molar-refractivity contribution < 1.29 is 4.42 Å². The third-order valence-electron chi connectivity index (χ3n) is 2.35. The van der Waals surface area contributed by atoms with Gasteiger partial charge in [-0.05, 0) is 46.6 Å². The maximum atomic E-state index is 5.42. The number of hydrogen-bond acceptors (Lipinski definition) is 3. The van der Waals surface area contributed by atoms with Crippen LogP contribution in [0.3, 0.4) is 0 Å². The molecule has 5 heteroatoms. The van der Waals surface area contributed by atoms with E-state index in [9.17, 15) is 0 Å². The Balaban J connectivity index is 2.22. The molecule has 0 N–H and O–H groups in total.